The second-order valence-electron chi connectivity index (χ2n) is 7.91. The van der Waals surface area contributed by atoms with Gasteiger partial charge in [-0.15, -0.1) is 4.80 Å². The number of aromatic nitrogens is 6. The molecule has 3 aromatic rings. The molecule has 4 heterocycles. The molecule has 1 saturated carbocycles. The lowest BCUT2D eigenvalue weighted by Gasteiger charge is -2.33. The van der Waals surface area contributed by atoms with E-state index in [0.29, 0.717) is 36.7 Å². The average molecular weight is 445 g/mol. The summed E-state index contributed by atoms with van der Waals surface area (Å²) in [7, 11) is 0. The number of ether oxygens (including phenoxy) is 1. The number of rotatable bonds is 4. The SMILES string of the molecule is Cc1ccc(-n2nccn2)c(C(=O)N2CC3CC(Oc4ncc(C(F)(F)F)cn4)C2C3)n1. The smallest absolute Gasteiger partial charge is 0.419 e. The van der Waals surface area contributed by atoms with Crippen molar-refractivity contribution in [1.29, 1.82) is 0 Å². The maximum Gasteiger partial charge on any atom is 0.419 e. The van der Waals surface area contributed by atoms with Crippen LogP contribution in [0, 0.1) is 12.8 Å². The van der Waals surface area contributed by atoms with Gasteiger partial charge in [0.15, 0.2) is 5.69 Å². The molecule has 166 valence electrons. The zero-order valence-corrected chi connectivity index (χ0v) is 16.9. The van der Waals surface area contributed by atoms with Gasteiger partial charge in [-0.1, -0.05) is 0 Å². The lowest BCUT2D eigenvalue weighted by atomic mass is 10.1. The number of carbonyl (C=O) groups is 1. The largest absolute Gasteiger partial charge is 0.458 e. The van der Waals surface area contributed by atoms with Crippen molar-refractivity contribution in [2.24, 2.45) is 5.92 Å². The number of piperidine rings is 1. The highest BCUT2D eigenvalue weighted by Gasteiger charge is 2.49. The second kappa shape index (κ2) is 7.53. The molecule has 3 unspecified atom stereocenters. The van der Waals surface area contributed by atoms with Crippen LogP contribution in [0.5, 0.6) is 6.01 Å². The topological polar surface area (TPSA) is 98.9 Å². The number of nitrogens with zero attached hydrogens (tertiary/aromatic N) is 7. The summed E-state index contributed by atoms with van der Waals surface area (Å²) in [6, 6.07) is 3.13. The summed E-state index contributed by atoms with van der Waals surface area (Å²) in [6.07, 6.45) is 0.893. The molecule has 0 radical (unpaired) electrons. The van der Waals surface area contributed by atoms with Crippen molar-refractivity contribution in [3.63, 3.8) is 0 Å². The average Bonchev–Trinajstić information content (AvgIpc) is 3.50. The molecule has 5 rings (SSSR count). The van der Waals surface area contributed by atoms with E-state index in [-0.39, 0.29) is 29.6 Å². The van der Waals surface area contributed by atoms with Crippen molar-refractivity contribution in [2.45, 2.75) is 38.1 Å². The molecule has 0 aromatic carbocycles. The van der Waals surface area contributed by atoms with Crippen LogP contribution in [-0.2, 0) is 6.18 Å². The molecule has 1 amide bonds. The Kier molecular flexibility index (Phi) is 4.79. The Balaban J connectivity index is 1.37. The van der Waals surface area contributed by atoms with Gasteiger partial charge >= 0.3 is 12.2 Å². The Hall–Kier alpha value is -3.57. The third-order valence-electron chi connectivity index (χ3n) is 5.75. The Morgan fingerprint density at radius 1 is 1.12 bits per heavy atom. The number of halogens is 3. The number of alkyl halides is 3. The number of fused-ring (bicyclic) bond motifs is 2. The molecular formula is C20H18F3N7O2. The van der Waals surface area contributed by atoms with E-state index >= 15 is 0 Å². The van der Waals surface area contributed by atoms with Crippen LogP contribution in [0.2, 0.25) is 0 Å². The number of aryl methyl sites for hydroxylation is 1. The summed E-state index contributed by atoms with van der Waals surface area (Å²) in [5.74, 6) is -0.0466. The fourth-order valence-electron chi connectivity index (χ4n) is 4.33. The monoisotopic (exact) mass is 445 g/mol. The zero-order chi connectivity index (χ0) is 22.5. The molecule has 1 aliphatic heterocycles. The minimum absolute atomic E-state index is 0.141. The number of hydrogen-bond donors (Lipinski definition) is 0. The van der Waals surface area contributed by atoms with Crippen LogP contribution >= 0.6 is 0 Å². The molecule has 1 aliphatic carbocycles. The molecule has 0 N–H and O–H groups in total. The van der Waals surface area contributed by atoms with E-state index in [4.69, 9.17) is 4.74 Å². The van der Waals surface area contributed by atoms with Crippen LogP contribution in [0.25, 0.3) is 5.69 Å². The molecule has 2 fully saturated rings. The maximum atomic E-state index is 13.4. The number of pyridine rings is 1. The van der Waals surface area contributed by atoms with E-state index in [1.54, 1.807) is 24.0 Å². The second-order valence-corrected chi connectivity index (χ2v) is 7.91. The fourth-order valence-corrected chi connectivity index (χ4v) is 4.33. The number of carbonyl (C=O) groups excluding carboxylic acids is 1. The zero-order valence-electron chi connectivity index (χ0n) is 16.9. The number of amides is 1. The Labute approximate surface area is 180 Å². The minimum atomic E-state index is -4.52. The van der Waals surface area contributed by atoms with Gasteiger partial charge in [0, 0.05) is 24.6 Å². The van der Waals surface area contributed by atoms with Crippen LogP contribution in [-0.4, -0.2) is 59.4 Å². The first-order valence-corrected chi connectivity index (χ1v) is 10.0. The Morgan fingerprint density at radius 2 is 1.84 bits per heavy atom. The maximum absolute atomic E-state index is 13.4. The third-order valence-corrected chi connectivity index (χ3v) is 5.75. The van der Waals surface area contributed by atoms with Crippen molar-refractivity contribution >= 4 is 5.91 Å². The van der Waals surface area contributed by atoms with Crippen molar-refractivity contribution in [1.82, 2.24) is 34.8 Å². The quantitative estimate of drug-likeness (QED) is 0.608. The van der Waals surface area contributed by atoms with Crippen LogP contribution in [0.3, 0.4) is 0 Å². The van der Waals surface area contributed by atoms with Gasteiger partial charge in [-0.05, 0) is 37.8 Å². The van der Waals surface area contributed by atoms with Crippen molar-refractivity contribution in [2.75, 3.05) is 6.54 Å². The lowest BCUT2D eigenvalue weighted by Crippen LogP contribution is -2.47. The molecule has 1 saturated heterocycles. The van der Waals surface area contributed by atoms with Gasteiger partial charge in [0.1, 0.15) is 11.8 Å². The normalized spacial score (nSPS) is 22.4. The molecule has 3 atom stereocenters. The Morgan fingerprint density at radius 3 is 2.50 bits per heavy atom. The first-order valence-electron chi connectivity index (χ1n) is 10.0. The lowest BCUT2D eigenvalue weighted by molar-refractivity contribution is -0.138. The van der Waals surface area contributed by atoms with Gasteiger partial charge in [0.05, 0.1) is 24.0 Å². The van der Waals surface area contributed by atoms with E-state index in [1.165, 1.54) is 17.2 Å². The number of likely N-dealkylation sites (tertiary alicyclic amines) is 1. The molecule has 9 nitrogen and oxygen atoms in total. The Bertz CT molecular complexity index is 1140. The predicted molar refractivity (Wildman–Crippen MR) is 103 cm³/mol. The molecule has 32 heavy (non-hydrogen) atoms. The van der Waals surface area contributed by atoms with Crippen molar-refractivity contribution in [3.8, 4) is 11.7 Å². The van der Waals surface area contributed by atoms with Gasteiger partial charge in [0.25, 0.3) is 5.91 Å². The van der Waals surface area contributed by atoms with Gasteiger partial charge in [-0.25, -0.2) is 15.0 Å². The summed E-state index contributed by atoms with van der Waals surface area (Å²) in [5, 5.41) is 8.20. The van der Waals surface area contributed by atoms with E-state index < -0.39 is 17.8 Å². The molecule has 2 bridgehead atoms. The number of hydrogen-bond acceptors (Lipinski definition) is 7. The van der Waals surface area contributed by atoms with Gasteiger partial charge < -0.3 is 9.64 Å². The van der Waals surface area contributed by atoms with Crippen molar-refractivity contribution in [3.05, 3.63) is 53.9 Å². The molecular weight excluding hydrogens is 427 g/mol. The van der Waals surface area contributed by atoms with Crippen LogP contribution in [0.15, 0.2) is 36.9 Å². The van der Waals surface area contributed by atoms with Crippen molar-refractivity contribution < 1.29 is 22.7 Å². The van der Waals surface area contributed by atoms with E-state index in [9.17, 15) is 18.0 Å². The summed E-state index contributed by atoms with van der Waals surface area (Å²) in [5.41, 5.74) is 0.439. The molecule has 2 aliphatic rings. The molecule has 3 aromatic heterocycles. The standard InChI is InChI=1S/C20H18F3N7O2/c1-11-2-3-14(30-26-4-5-27-30)17(28-11)18(31)29-10-12-6-15(29)16(7-12)32-19-24-8-13(9-25-19)20(21,22)23/h2-5,8-9,12,15-16H,6-7,10H2,1H3. The minimum Gasteiger partial charge on any atom is -0.458 e. The van der Waals surface area contributed by atoms with Crippen LogP contribution in [0.1, 0.15) is 34.6 Å². The van der Waals surface area contributed by atoms with Crippen LogP contribution in [0.4, 0.5) is 13.2 Å². The fraction of sp³-hybridized carbons (Fsp3) is 0.400. The first kappa shape index (κ1) is 20.3. The highest BCUT2D eigenvalue weighted by atomic mass is 19.4. The first-order chi connectivity index (χ1) is 15.3. The van der Waals surface area contributed by atoms with Gasteiger partial charge in [0.2, 0.25) is 0 Å². The van der Waals surface area contributed by atoms with E-state index in [0.717, 1.165) is 6.42 Å². The van der Waals surface area contributed by atoms with Gasteiger partial charge in [-0.2, -0.15) is 23.4 Å². The highest BCUT2D eigenvalue weighted by molar-refractivity contribution is 5.96. The van der Waals surface area contributed by atoms with E-state index in [1.807, 2.05) is 0 Å². The predicted octanol–water partition coefficient (Wildman–Crippen LogP) is 2.46. The summed E-state index contributed by atoms with van der Waals surface area (Å²) >= 11 is 0. The van der Waals surface area contributed by atoms with Crippen LogP contribution < -0.4 is 4.74 Å². The molecule has 12 heteroatoms. The van der Waals surface area contributed by atoms with Gasteiger partial charge in [-0.3, -0.25) is 4.79 Å². The highest BCUT2D eigenvalue weighted by Crippen LogP contribution is 2.40. The summed E-state index contributed by atoms with van der Waals surface area (Å²) < 4.78 is 44.0. The molecule has 0 spiro atoms. The van der Waals surface area contributed by atoms with E-state index in [2.05, 4.69) is 25.1 Å². The third kappa shape index (κ3) is 3.65. The summed E-state index contributed by atoms with van der Waals surface area (Å²) in [4.78, 5) is 28.3. The summed E-state index contributed by atoms with van der Waals surface area (Å²) in [6.45, 7) is 2.35.